The van der Waals surface area contributed by atoms with Crippen molar-refractivity contribution in [1.29, 1.82) is 0 Å². The zero-order valence-corrected chi connectivity index (χ0v) is 13.8. The van der Waals surface area contributed by atoms with E-state index in [9.17, 15) is 4.79 Å². The molecule has 0 bridgehead atoms. The molecule has 0 spiro atoms. The van der Waals surface area contributed by atoms with Crippen molar-refractivity contribution in [2.24, 2.45) is 0 Å². The number of nitrogen functional groups attached to an aromatic ring is 1. The summed E-state index contributed by atoms with van der Waals surface area (Å²) in [5.74, 6) is -0.0310. The lowest BCUT2D eigenvalue weighted by molar-refractivity contribution is 0.0954. The number of rotatable bonds is 6. The van der Waals surface area contributed by atoms with Crippen LogP contribution >= 0.6 is 11.8 Å². The van der Waals surface area contributed by atoms with E-state index < -0.39 is 0 Å². The molecule has 1 amide bonds. The second-order valence-corrected chi connectivity index (χ2v) is 7.09. The van der Waals surface area contributed by atoms with E-state index in [2.05, 4.69) is 19.2 Å². The standard InChI is InChI=1S/C18H22N2OS/c1-13(2)22-17-9-5-15(6-10-17)18(21)20-12-11-14-3-7-16(19)8-4-14/h3-10,13H,11-12,19H2,1-2H3,(H,20,21). The number of nitrogens with one attached hydrogen (secondary N) is 1. The van der Waals surface area contributed by atoms with Crippen LogP contribution in [0.3, 0.4) is 0 Å². The maximum Gasteiger partial charge on any atom is 0.251 e. The normalized spacial score (nSPS) is 10.7. The van der Waals surface area contributed by atoms with Crippen molar-refractivity contribution in [3.63, 3.8) is 0 Å². The molecule has 0 heterocycles. The SMILES string of the molecule is CC(C)Sc1ccc(C(=O)NCCc2ccc(N)cc2)cc1. The molecule has 22 heavy (non-hydrogen) atoms. The van der Waals surface area contributed by atoms with E-state index in [-0.39, 0.29) is 5.91 Å². The number of amides is 1. The molecule has 2 aromatic rings. The van der Waals surface area contributed by atoms with Crippen molar-refractivity contribution >= 4 is 23.4 Å². The van der Waals surface area contributed by atoms with E-state index in [1.807, 2.05) is 48.5 Å². The van der Waals surface area contributed by atoms with Crippen molar-refractivity contribution < 1.29 is 4.79 Å². The Bertz CT molecular complexity index is 606. The Balaban J connectivity index is 1.83. The average Bonchev–Trinajstić information content (AvgIpc) is 2.49. The Morgan fingerprint density at radius 1 is 1.09 bits per heavy atom. The molecule has 2 rings (SSSR count). The zero-order chi connectivity index (χ0) is 15.9. The summed E-state index contributed by atoms with van der Waals surface area (Å²) in [6, 6.07) is 15.5. The van der Waals surface area contributed by atoms with Gasteiger partial charge in [-0.15, -0.1) is 11.8 Å². The lowest BCUT2D eigenvalue weighted by Crippen LogP contribution is -2.25. The molecule has 0 aliphatic carbocycles. The molecule has 0 aromatic heterocycles. The molecule has 2 aromatic carbocycles. The topological polar surface area (TPSA) is 55.1 Å². The van der Waals surface area contributed by atoms with Crippen LogP contribution in [0.1, 0.15) is 29.8 Å². The predicted octanol–water partition coefficient (Wildman–Crippen LogP) is 3.74. The van der Waals surface area contributed by atoms with Gasteiger partial charge in [-0.1, -0.05) is 26.0 Å². The Morgan fingerprint density at radius 2 is 1.73 bits per heavy atom. The number of carbonyl (C=O) groups excluding carboxylic acids is 1. The van der Waals surface area contributed by atoms with Crippen LogP contribution < -0.4 is 11.1 Å². The first-order valence-electron chi connectivity index (χ1n) is 7.44. The van der Waals surface area contributed by atoms with Crippen molar-refractivity contribution in [3.8, 4) is 0 Å². The van der Waals surface area contributed by atoms with Gasteiger partial charge in [0.25, 0.3) is 5.91 Å². The number of nitrogens with two attached hydrogens (primary N) is 1. The minimum atomic E-state index is -0.0310. The van der Waals surface area contributed by atoms with Gasteiger partial charge >= 0.3 is 0 Å². The van der Waals surface area contributed by atoms with Crippen LogP contribution in [0.2, 0.25) is 0 Å². The summed E-state index contributed by atoms with van der Waals surface area (Å²) >= 11 is 1.79. The first-order chi connectivity index (χ1) is 10.5. The lowest BCUT2D eigenvalue weighted by Gasteiger charge is -2.08. The van der Waals surface area contributed by atoms with Crippen LogP contribution in [0.25, 0.3) is 0 Å². The van der Waals surface area contributed by atoms with Crippen LogP contribution in [0, 0.1) is 0 Å². The molecule has 0 aliphatic rings. The molecule has 3 N–H and O–H groups in total. The Morgan fingerprint density at radius 3 is 2.32 bits per heavy atom. The average molecular weight is 314 g/mol. The Labute approximate surface area is 136 Å². The minimum Gasteiger partial charge on any atom is -0.399 e. The van der Waals surface area contributed by atoms with Gasteiger partial charge in [-0.2, -0.15) is 0 Å². The molecule has 0 fully saturated rings. The predicted molar refractivity (Wildman–Crippen MR) is 94.3 cm³/mol. The summed E-state index contributed by atoms with van der Waals surface area (Å²) in [6.45, 7) is 4.93. The number of anilines is 1. The third-order valence-electron chi connectivity index (χ3n) is 3.17. The molecular weight excluding hydrogens is 292 g/mol. The van der Waals surface area contributed by atoms with Gasteiger partial charge in [0.15, 0.2) is 0 Å². The molecule has 0 unspecified atom stereocenters. The number of hydrogen-bond donors (Lipinski definition) is 2. The van der Waals surface area contributed by atoms with E-state index in [1.54, 1.807) is 11.8 Å². The lowest BCUT2D eigenvalue weighted by atomic mass is 10.1. The van der Waals surface area contributed by atoms with Gasteiger partial charge in [0.1, 0.15) is 0 Å². The summed E-state index contributed by atoms with van der Waals surface area (Å²) in [4.78, 5) is 13.3. The molecule has 4 heteroatoms. The molecule has 3 nitrogen and oxygen atoms in total. The van der Waals surface area contributed by atoms with E-state index in [0.29, 0.717) is 17.4 Å². The van der Waals surface area contributed by atoms with Gasteiger partial charge in [-0.3, -0.25) is 4.79 Å². The summed E-state index contributed by atoms with van der Waals surface area (Å²) < 4.78 is 0. The highest BCUT2D eigenvalue weighted by molar-refractivity contribution is 7.99. The maximum atomic E-state index is 12.1. The van der Waals surface area contributed by atoms with Crippen molar-refractivity contribution in [1.82, 2.24) is 5.32 Å². The van der Waals surface area contributed by atoms with Gasteiger partial charge in [-0.25, -0.2) is 0 Å². The van der Waals surface area contributed by atoms with Gasteiger partial charge < -0.3 is 11.1 Å². The summed E-state index contributed by atoms with van der Waals surface area (Å²) in [5.41, 5.74) is 8.27. The monoisotopic (exact) mass is 314 g/mol. The Kier molecular flexibility index (Phi) is 5.90. The fraction of sp³-hybridized carbons (Fsp3) is 0.278. The fourth-order valence-electron chi connectivity index (χ4n) is 2.06. The van der Waals surface area contributed by atoms with Crippen LogP contribution in [-0.4, -0.2) is 17.7 Å². The highest BCUT2D eigenvalue weighted by Gasteiger charge is 2.05. The number of thioether (sulfide) groups is 1. The molecular formula is C18H22N2OS. The molecule has 0 saturated heterocycles. The second kappa shape index (κ2) is 7.90. The van der Waals surface area contributed by atoms with Crippen LogP contribution in [0.4, 0.5) is 5.69 Å². The fourth-order valence-corrected chi connectivity index (χ4v) is 2.90. The summed E-state index contributed by atoms with van der Waals surface area (Å²) in [7, 11) is 0. The van der Waals surface area contributed by atoms with Crippen molar-refractivity contribution in [2.45, 2.75) is 30.4 Å². The first kappa shape index (κ1) is 16.4. The molecule has 0 radical (unpaired) electrons. The minimum absolute atomic E-state index is 0.0310. The number of carbonyl (C=O) groups is 1. The van der Waals surface area contributed by atoms with Crippen molar-refractivity contribution in [3.05, 3.63) is 59.7 Å². The number of benzene rings is 2. The summed E-state index contributed by atoms with van der Waals surface area (Å²) in [5, 5.41) is 3.49. The van der Waals surface area contributed by atoms with Gasteiger partial charge in [0.2, 0.25) is 0 Å². The van der Waals surface area contributed by atoms with E-state index in [0.717, 1.165) is 17.7 Å². The molecule has 0 saturated carbocycles. The van der Waals surface area contributed by atoms with E-state index in [1.165, 1.54) is 4.90 Å². The molecule has 0 atom stereocenters. The molecule has 116 valence electrons. The Hall–Kier alpha value is -1.94. The highest BCUT2D eigenvalue weighted by Crippen LogP contribution is 2.22. The summed E-state index contributed by atoms with van der Waals surface area (Å²) in [6.07, 6.45) is 0.799. The third kappa shape index (κ3) is 5.11. The second-order valence-electron chi connectivity index (χ2n) is 5.44. The maximum absolute atomic E-state index is 12.1. The van der Waals surface area contributed by atoms with E-state index in [4.69, 9.17) is 5.73 Å². The van der Waals surface area contributed by atoms with Gasteiger partial charge in [0, 0.05) is 27.9 Å². The smallest absolute Gasteiger partial charge is 0.251 e. The van der Waals surface area contributed by atoms with Crippen LogP contribution in [0.5, 0.6) is 0 Å². The van der Waals surface area contributed by atoms with Crippen molar-refractivity contribution in [2.75, 3.05) is 12.3 Å². The van der Waals surface area contributed by atoms with Crippen LogP contribution in [0.15, 0.2) is 53.4 Å². The van der Waals surface area contributed by atoms with E-state index >= 15 is 0 Å². The zero-order valence-electron chi connectivity index (χ0n) is 13.0. The van der Waals surface area contributed by atoms with Crippen LogP contribution in [-0.2, 0) is 6.42 Å². The third-order valence-corrected chi connectivity index (χ3v) is 4.18. The highest BCUT2D eigenvalue weighted by atomic mass is 32.2. The molecule has 0 aliphatic heterocycles. The quantitative estimate of drug-likeness (QED) is 0.631. The largest absolute Gasteiger partial charge is 0.399 e. The van der Waals surface area contributed by atoms with Gasteiger partial charge in [-0.05, 0) is 48.4 Å². The van der Waals surface area contributed by atoms with Gasteiger partial charge in [0.05, 0.1) is 0 Å². The number of hydrogen-bond acceptors (Lipinski definition) is 3. The first-order valence-corrected chi connectivity index (χ1v) is 8.32.